The zero-order valence-electron chi connectivity index (χ0n) is 10.2. The summed E-state index contributed by atoms with van der Waals surface area (Å²) in [4.78, 5) is 4.58. The Hall–Kier alpha value is -1.26. The molecule has 1 atom stereocenters. The average molecular weight is 267 g/mol. The second-order valence-electron chi connectivity index (χ2n) is 4.40. The van der Waals surface area contributed by atoms with E-state index in [-0.39, 0.29) is 0 Å². The van der Waals surface area contributed by atoms with Crippen molar-refractivity contribution in [3.05, 3.63) is 24.0 Å². The summed E-state index contributed by atoms with van der Waals surface area (Å²) in [6.07, 6.45) is 1.02. The number of halogens is 1. The van der Waals surface area contributed by atoms with Crippen LogP contribution in [0.2, 0.25) is 0 Å². The van der Waals surface area contributed by atoms with E-state index in [9.17, 15) is 0 Å². The number of fused-ring (bicyclic) bond motifs is 1. The lowest BCUT2D eigenvalue weighted by atomic mass is 10.2. The Labute approximate surface area is 110 Å². The second kappa shape index (κ2) is 4.78. The summed E-state index contributed by atoms with van der Waals surface area (Å²) in [5, 5.41) is 0. The smallest absolute Gasteiger partial charge is 0.125 e. The molecule has 2 heterocycles. The van der Waals surface area contributed by atoms with Gasteiger partial charge in [0.15, 0.2) is 0 Å². The Morgan fingerprint density at radius 2 is 2.44 bits per heavy atom. The molecule has 1 aliphatic rings. The summed E-state index contributed by atoms with van der Waals surface area (Å²) >= 11 is 6.00. The number of imidazole rings is 1. The molecule has 0 radical (unpaired) electrons. The lowest BCUT2D eigenvalue weighted by molar-refractivity contribution is 0.187. The van der Waals surface area contributed by atoms with Gasteiger partial charge in [-0.3, -0.25) is 0 Å². The minimum Gasteiger partial charge on any atom is -0.497 e. The Balaban J connectivity index is 2.15. The van der Waals surface area contributed by atoms with Crippen LogP contribution < -0.4 is 4.74 Å². The first kappa shape index (κ1) is 11.8. The minimum absolute atomic E-state index is 0.345. The van der Waals surface area contributed by atoms with Gasteiger partial charge < -0.3 is 14.0 Å². The van der Waals surface area contributed by atoms with E-state index in [1.807, 2.05) is 18.2 Å². The summed E-state index contributed by atoms with van der Waals surface area (Å²) in [5.41, 5.74) is 2.03. The van der Waals surface area contributed by atoms with Gasteiger partial charge in [0.1, 0.15) is 11.6 Å². The van der Waals surface area contributed by atoms with Crippen molar-refractivity contribution in [1.29, 1.82) is 0 Å². The maximum atomic E-state index is 6.00. The molecule has 1 saturated heterocycles. The van der Waals surface area contributed by atoms with Crippen molar-refractivity contribution in [3.63, 3.8) is 0 Å². The van der Waals surface area contributed by atoms with Crippen LogP contribution >= 0.6 is 11.6 Å². The van der Waals surface area contributed by atoms with Crippen molar-refractivity contribution in [2.45, 2.75) is 18.3 Å². The molecule has 4 nitrogen and oxygen atoms in total. The first-order chi connectivity index (χ1) is 8.83. The first-order valence-electron chi connectivity index (χ1n) is 6.02. The quantitative estimate of drug-likeness (QED) is 0.802. The molecular formula is C13H15ClN2O2. The van der Waals surface area contributed by atoms with Crippen LogP contribution in [0, 0.1) is 0 Å². The molecule has 1 aromatic carbocycles. The van der Waals surface area contributed by atoms with Crippen LogP contribution in [0.1, 0.15) is 18.3 Å². The highest BCUT2D eigenvalue weighted by Crippen LogP contribution is 2.29. The van der Waals surface area contributed by atoms with Gasteiger partial charge in [0, 0.05) is 12.7 Å². The van der Waals surface area contributed by atoms with Gasteiger partial charge in [-0.25, -0.2) is 4.98 Å². The molecule has 2 aromatic rings. The van der Waals surface area contributed by atoms with Gasteiger partial charge in [0.05, 0.1) is 36.7 Å². The molecule has 3 rings (SSSR count). The van der Waals surface area contributed by atoms with Crippen molar-refractivity contribution in [1.82, 2.24) is 9.55 Å². The molecule has 0 amide bonds. The number of hydrogen-bond donors (Lipinski definition) is 0. The summed E-state index contributed by atoms with van der Waals surface area (Å²) in [6, 6.07) is 6.28. The number of benzene rings is 1. The predicted molar refractivity (Wildman–Crippen MR) is 70.3 cm³/mol. The SMILES string of the molecule is COc1ccc2c(c1)nc(CCl)n2C1CCOC1. The number of methoxy groups -OCH3 is 1. The summed E-state index contributed by atoms with van der Waals surface area (Å²) < 4.78 is 12.9. The van der Waals surface area contributed by atoms with Crippen LogP contribution in [0.5, 0.6) is 5.75 Å². The molecule has 0 aliphatic carbocycles. The van der Waals surface area contributed by atoms with Crippen molar-refractivity contribution in [2.24, 2.45) is 0 Å². The number of hydrogen-bond acceptors (Lipinski definition) is 3. The zero-order valence-corrected chi connectivity index (χ0v) is 11.0. The molecule has 0 saturated carbocycles. The highest BCUT2D eigenvalue weighted by atomic mass is 35.5. The van der Waals surface area contributed by atoms with E-state index in [1.54, 1.807) is 7.11 Å². The van der Waals surface area contributed by atoms with E-state index in [2.05, 4.69) is 9.55 Å². The molecule has 5 heteroatoms. The molecule has 1 aliphatic heterocycles. The topological polar surface area (TPSA) is 36.3 Å². The largest absolute Gasteiger partial charge is 0.497 e. The Morgan fingerprint density at radius 3 is 3.11 bits per heavy atom. The number of rotatable bonds is 3. The molecule has 0 spiro atoms. The molecule has 1 fully saturated rings. The van der Waals surface area contributed by atoms with E-state index in [0.29, 0.717) is 11.9 Å². The second-order valence-corrected chi connectivity index (χ2v) is 4.67. The van der Waals surface area contributed by atoms with Crippen LogP contribution in [0.3, 0.4) is 0 Å². The van der Waals surface area contributed by atoms with Crippen molar-refractivity contribution >= 4 is 22.6 Å². The number of alkyl halides is 1. The monoisotopic (exact) mass is 266 g/mol. The standard InChI is InChI=1S/C13H15ClN2O2/c1-17-10-2-3-12-11(6-10)15-13(7-14)16(12)9-4-5-18-8-9/h2-3,6,9H,4-5,7-8H2,1H3. The maximum Gasteiger partial charge on any atom is 0.125 e. The van der Waals surface area contributed by atoms with Crippen LogP contribution in [-0.2, 0) is 10.6 Å². The van der Waals surface area contributed by atoms with Crippen LogP contribution in [0.15, 0.2) is 18.2 Å². The molecule has 18 heavy (non-hydrogen) atoms. The van der Waals surface area contributed by atoms with Gasteiger partial charge in [-0.05, 0) is 18.6 Å². The lowest BCUT2D eigenvalue weighted by Crippen LogP contribution is -2.11. The van der Waals surface area contributed by atoms with Gasteiger partial charge in [0.25, 0.3) is 0 Å². The third kappa shape index (κ3) is 1.85. The lowest BCUT2D eigenvalue weighted by Gasteiger charge is -2.14. The van der Waals surface area contributed by atoms with Crippen LogP contribution in [0.25, 0.3) is 11.0 Å². The van der Waals surface area contributed by atoms with Crippen LogP contribution in [0.4, 0.5) is 0 Å². The third-order valence-electron chi connectivity index (χ3n) is 3.36. The summed E-state index contributed by atoms with van der Waals surface area (Å²) in [7, 11) is 1.66. The predicted octanol–water partition coefficient (Wildman–Crippen LogP) is 2.75. The van der Waals surface area contributed by atoms with Gasteiger partial charge in [-0.15, -0.1) is 11.6 Å². The van der Waals surface area contributed by atoms with Gasteiger partial charge in [-0.2, -0.15) is 0 Å². The fourth-order valence-electron chi connectivity index (χ4n) is 2.48. The van der Waals surface area contributed by atoms with E-state index in [4.69, 9.17) is 21.1 Å². The zero-order chi connectivity index (χ0) is 12.5. The van der Waals surface area contributed by atoms with Gasteiger partial charge in [0.2, 0.25) is 0 Å². The molecule has 1 aromatic heterocycles. The van der Waals surface area contributed by atoms with E-state index in [1.165, 1.54) is 0 Å². The van der Waals surface area contributed by atoms with Gasteiger partial charge in [-0.1, -0.05) is 0 Å². The van der Waals surface area contributed by atoms with E-state index in [0.717, 1.165) is 42.2 Å². The number of nitrogens with zero attached hydrogens (tertiary/aromatic N) is 2. The molecular weight excluding hydrogens is 252 g/mol. The normalized spacial score (nSPS) is 19.6. The Bertz CT molecular complexity index is 561. The van der Waals surface area contributed by atoms with Crippen LogP contribution in [-0.4, -0.2) is 29.9 Å². The molecule has 96 valence electrons. The number of ether oxygens (including phenoxy) is 2. The molecule has 0 N–H and O–H groups in total. The fraction of sp³-hybridized carbons (Fsp3) is 0.462. The highest BCUT2D eigenvalue weighted by molar-refractivity contribution is 6.16. The number of aromatic nitrogens is 2. The van der Waals surface area contributed by atoms with Crippen molar-refractivity contribution in [3.8, 4) is 5.75 Å². The van der Waals surface area contributed by atoms with Crippen molar-refractivity contribution in [2.75, 3.05) is 20.3 Å². The maximum absolute atomic E-state index is 6.00. The van der Waals surface area contributed by atoms with Gasteiger partial charge >= 0.3 is 0 Å². The average Bonchev–Trinajstić information content (AvgIpc) is 3.03. The van der Waals surface area contributed by atoms with E-state index >= 15 is 0 Å². The highest BCUT2D eigenvalue weighted by Gasteiger charge is 2.22. The Morgan fingerprint density at radius 1 is 1.56 bits per heavy atom. The Kier molecular flexibility index (Phi) is 3.14. The van der Waals surface area contributed by atoms with E-state index < -0.39 is 0 Å². The summed E-state index contributed by atoms with van der Waals surface area (Å²) in [6.45, 7) is 1.55. The minimum atomic E-state index is 0.345. The van der Waals surface area contributed by atoms with Crippen molar-refractivity contribution < 1.29 is 9.47 Å². The molecule has 1 unspecified atom stereocenters. The molecule has 0 bridgehead atoms. The summed E-state index contributed by atoms with van der Waals surface area (Å²) in [5.74, 6) is 2.12. The fourth-order valence-corrected chi connectivity index (χ4v) is 2.67. The third-order valence-corrected chi connectivity index (χ3v) is 3.60. The first-order valence-corrected chi connectivity index (χ1v) is 6.55.